The molecule has 2 aliphatic carbocycles. The fourth-order valence-corrected chi connectivity index (χ4v) is 4.41. The summed E-state index contributed by atoms with van der Waals surface area (Å²) in [6, 6.07) is 0. The van der Waals surface area contributed by atoms with Gasteiger partial charge in [0, 0.05) is 0 Å². The van der Waals surface area contributed by atoms with Gasteiger partial charge in [-0.25, -0.2) is 0 Å². The minimum Gasteiger partial charge on any atom is -0.0599 e. The predicted octanol–water partition coefficient (Wildman–Crippen LogP) is 6.59. The van der Waals surface area contributed by atoms with Gasteiger partial charge < -0.3 is 0 Å². The first kappa shape index (κ1) is 15.4. The van der Waals surface area contributed by atoms with Crippen molar-refractivity contribution in [3.63, 3.8) is 0 Å². The van der Waals surface area contributed by atoms with E-state index >= 15 is 0 Å². The highest BCUT2D eigenvalue weighted by molar-refractivity contribution is 4.81. The average Bonchev–Trinajstić information content (AvgIpc) is 2.57. The molecule has 0 nitrogen and oxygen atoms in total. The lowest BCUT2D eigenvalue weighted by molar-refractivity contribution is 0.275. The fourth-order valence-electron chi connectivity index (χ4n) is 4.41. The van der Waals surface area contributed by atoms with Crippen molar-refractivity contribution in [1.82, 2.24) is 0 Å². The molecule has 19 heavy (non-hydrogen) atoms. The van der Waals surface area contributed by atoms with Crippen LogP contribution in [0.1, 0.15) is 98.3 Å². The SMILES string of the molecule is CC1(C)CCCC(CC2CCCC(C)(C)CC2)CC1. The molecule has 0 spiro atoms. The van der Waals surface area contributed by atoms with E-state index < -0.39 is 0 Å². The van der Waals surface area contributed by atoms with Crippen LogP contribution in [-0.2, 0) is 0 Å². The monoisotopic (exact) mass is 264 g/mol. The maximum absolute atomic E-state index is 2.48. The minimum atomic E-state index is 0.625. The molecule has 0 heteroatoms. The first-order chi connectivity index (χ1) is 8.86. The molecular formula is C19H36. The van der Waals surface area contributed by atoms with E-state index in [0.717, 1.165) is 11.8 Å². The molecule has 2 atom stereocenters. The molecule has 2 aliphatic rings. The maximum atomic E-state index is 2.48. The second-order valence-corrected chi connectivity index (χ2v) is 9.16. The molecule has 0 heterocycles. The Morgan fingerprint density at radius 1 is 0.632 bits per heavy atom. The van der Waals surface area contributed by atoms with Gasteiger partial charge in [0.1, 0.15) is 0 Å². The van der Waals surface area contributed by atoms with Crippen LogP contribution in [0.2, 0.25) is 0 Å². The Bertz CT molecular complexity index is 246. The molecule has 0 radical (unpaired) electrons. The molecule has 0 amide bonds. The lowest BCUT2D eigenvalue weighted by Crippen LogP contribution is -2.12. The second kappa shape index (κ2) is 6.19. The Kier molecular flexibility index (Phi) is 5.01. The van der Waals surface area contributed by atoms with Crippen LogP contribution in [0.3, 0.4) is 0 Å². The first-order valence-electron chi connectivity index (χ1n) is 8.86. The van der Waals surface area contributed by atoms with E-state index in [0.29, 0.717) is 10.8 Å². The zero-order valence-electron chi connectivity index (χ0n) is 13.9. The van der Waals surface area contributed by atoms with Crippen molar-refractivity contribution in [3.8, 4) is 0 Å². The van der Waals surface area contributed by atoms with Crippen molar-refractivity contribution in [2.24, 2.45) is 22.7 Å². The third-order valence-corrected chi connectivity index (χ3v) is 6.06. The summed E-state index contributed by atoms with van der Waals surface area (Å²) >= 11 is 0. The van der Waals surface area contributed by atoms with Gasteiger partial charge in [-0.05, 0) is 67.6 Å². The van der Waals surface area contributed by atoms with E-state index in [1.165, 1.54) is 64.2 Å². The highest BCUT2D eigenvalue weighted by atomic mass is 14.3. The van der Waals surface area contributed by atoms with E-state index in [4.69, 9.17) is 0 Å². The summed E-state index contributed by atoms with van der Waals surface area (Å²) < 4.78 is 0. The summed E-state index contributed by atoms with van der Waals surface area (Å²) in [4.78, 5) is 0. The van der Waals surface area contributed by atoms with E-state index in [1.807, 2.05) is 0 Å². The van der Waals surface area contributed by atoms with Crippen LogP contribution < -0.4 is 0 Å². The average molecular weight is 264 g/mol. The molecule has 0 aromatic carbocycles. The van der Waals surface area contributed by atoms with Crippen LogP contribution in [0.25, 0.3) is 0 Å². The molecule has 2 rings (SSSR count). The van der Waals surface area contributed by atoms with E-state index in [9.17, 15) is 0 Å². The van der Waals surface area contributed by atoms with Gasteiger partial charge in [-0.2, -0.15) is 0 Å². The molecule has 0 saturated heterocycles. The van der Waals surface area contributed by atoms with Crippen molar-refractivity contribution in [2.75, 3.05) is 0 Å². The van der Waals surface area contributed by atoms with Crippen molar-refractivity contribution >= 4 is 0 Å². The quantitative estimate of drug-likeness (QED) is 0.493. The van der Waals surface area contributed by atoms with Gasteiger partial charge in [-0.1, -0.05) is 53.4 Å². The molecule has 0 aromatic rings. The van der Waals surface area contributed by atoms with E-state index in [2.05, 4.69) is 27.7 Å². The Morgan fingerprint density at radius 2 is 1.05 bits per heavy atom. The van der Waals surface area contributed by atoms with Crippen molar-refractivity contribution in [3.05, 3.63) is 0 Å². The van der Waals surface area contributed by atoms with Gasteiger partial charge >= 0.3 is 0 Å². The molecule has 2 unspecified atom stereocenters. The Balaban J connectivity index is 1.81. The van der Waals surface area contributed by atoms with Crippen molar-refractivity contribution in [2.45, 2.75) is 98.3 Å². The smallest absolute Gasteiger partial charge is 0.0354 e. The van der Waals surface area contributed by atoms with Crippen LogP contribution in [0, 0.1) is 22.7 Å². The first-order valence-corrected chi connectivity index (χ1v) is 8.86. The molecule has 0 bridgehead atoms. The van der Waals surface area contributed by atoms with Crippen LogP contribution >= 0.6 is 0 Å². The van der Waals surface area contributed by atoms with Crippen molar-refractivity contribution in [1.29, 1.82) is 0 Å². The molecule has 2 saturated carbocycles. The van der Waals surface area contributed by atoms with E-state index in [-0.39, 0.29) is 0 Å². The summed E-state index contributed by atoms with van der Waals surface area (Å²) in [5, 5.41) is 0. The van der Waals surface area contributed by atoms with Gasteiger partial charge in [0.15, 0.2) is 0 Å². The summed E-state index contributed by atoms with van der Waals surface area (Å²) in [5.74, 6) is 2.10. The molecule has 2 fully saturated rings. The second-order valence-electron chi connectivity index (χ2n) is 9.16. The standard InChI is InChI=1S/C19H36/c1-18(2)11-5-7-16(9-13-18)15-17-8-6-12-19(3,4)14-10-17/h16-17H,5-15H2,1-4H3. The molecule has 0 aliphatic heterocycles. The van der Waals surface area contributed by atoms with Gasteiger partial charge in [-0.3, -0.25) is 0 Å². The third kappa shape index (κ3) is 5.12. The largest absolute Gasteiger partial charge is 0.0599 e. The van der Waals surface area contributed by atoms with Crippen LogP contribution in [0.5, 0.6) is 0 Å². The number of hydrogen-bond acceptors (Lipinski definition) is 0. The molecule has 0 N–H and O–H groups in total. The zero-order valence-corrected chi connectivity index (χ0v) is 13.9. The van der Waals surface area contributed by atoms with Gasteiger partial charge in [0.05, 0.1) is 0 Å². The maximum Gasteiger partial charge on any atom is -0.0354 e. The van der Waals surface area contributed by atoms with Crippen molar-refractivity contribution < 1.29 is 0 Å². The van der Waals surface area contributed by atoms with E-state index in [1.54, 1.807) is 6.42 Å². The summed E-state index contributed by atoms with van der Waals surface area (Å²) in [5.41, 5.74) is 1.25. The summed E-state index contributed by atoms with van der Waals surface area (Å²) in [7, 11) is 0. The number of rotatable bonds is 2. The summed E-state index contributed by atoms with van der Waals surface area (Å²) in [6.45, 7) is 9.90. The topological polar surface area (TPSA) is 0 Å². The van der Waals surface area contributed by atoms with Gasteiger partial charge in [0.2, 0.25) is 0 Å². The lowest BCUT2D eigenvalue weighted by atomic mass is 9.81. The highest BCUT2D eigenvalue weighted by Gasteiger charge is 2.28. The van der Waals surface area contributed by atoms with Crippen LogP contribution in [0.15, 0.2) is 0 Å². The summed E-state index contributed by atoms with van der Waals surface area (Å²) in [6.07, 6.45) is 16.4. The normalized spacial score (nSPS) is 35.4. The Labute approximate surface area is 121 Å². The van der Waals surface area contributed by atoms with Crippen LogP contribution in [0.4, 0.5) is 0 Å². The molecule has 112 valence electrons. The van der Waals surface area contributed by atoms with Crippen LogP contribution in [-0.4, -0.2) is 0 Å². The Hall–Kier alpha value is 0. The minimum absolute atomic E-state index is 0.625. The predicted molar refractivity (Wildman–Crippen MR) is 85.3 cm³/mol. The highest BCUT2D eigenvalue weighted by Crippen LogP contribution is 2.42. The Morgan fingerprint density at radius 3 is 1.47 bits per heavy atom. The fraction of sp³-hybridized carbons (Fsp3) is 1.00. The zero-order chi connectivity index (χ0) is 13.9. The molecular weight excluding hydrogens is 228 g/mol. The lowest BCUT2D eigenvalue weighted by Gasteiger charge is -2.24. The number of hydrogen-bond donors (Lipinski definition) is 0. The van der Waals surface area contributed by atoms with Gasteiger partial charge in [-0.15, -0.1) is 0 Å². The third-order valence-electron chi connectivity index (χ3n) is 6.06. The molecule has 0 aromatic heterocycles. The van der Waals surface area contributed by atoms with Gasteiger partial charge in [0.25, 0.3) is 0 Å².